The molecule has 0 radical (unpaired) electrons. The van der Waals surface area contributed by atoms with Crippen molar-refractivity contribution in [1.29, 1.82) is 5.26 Å². The molecule has 0 heterocycles. The minimum absolute atomic E-state index is 0.0478. The molecule has 1 atom stereocenters. The number of nitriles is 1. The molecule has 1 aromatic rings. The summed E-state index contributed by atoms with van der Waals surface area (Å²) in [7, 11) is 0. The highest BCUT2D eigenvalue weighted by Crippen LogP contribution is 2.11. The Morgan fingerprint density at radius 2 is 2.00 bits per heavy atom. The number of amides is 1. The maximum Gasteiger partial charge on any atom is 0.237 e. The van der Waals surface area contributed by atoms with Gasteiger partial charge in [0.15, 0.2) is 0 Å². The van der Waals surface area contributed by atoms with Crippen molar-refractivity contribution in [2.24, 2.45) is 11.8 Å². The van der Waals surface area contributed by atoms with E-state index in [2.05, 4.69) is 43.4 Å². The molecule has 0 spiro atoms. The molecule has 0 aliphatic heterocycles. The zero-order chi connectivity index (χ0) is 14.4. The normalized spacial score (nSPS) is 12.0. The molecule has 1 amide bonds. The number of carbonyl (C=O) groups is 1. The van der Waals surface area contributed by atoms with Crippen LogP contribution in [0, 0.1) is 37.0 Å². The van der Waals surface area contributed by atoms with E-state index in [9.17, 15) is 4.79 Å². The zero-order valence-electron chi connectivity index (χ0n) is 12.2. The van der Waals surface area contributed by atoms with Crippen LogP contribution in [0.15, 0.2) is 18.2 Å². The SMILES string of the molecule is Cc1ccc(CCNC(=O)C(C#N)C(C)C)cc1C. The van der Waals surface area contributed by atoms with Crippen molar-refractivity contribution in [3.63, 3.8) is 0 Å². The van der Waals surface area contributed by atoms with E-state index in [0.717, 1.165) is 6.42 Å². The van der Waals surface area contributed by atoms with Gasteiger partial charge in [-0.3, -0.25) is 4.79 Å². The summed E-state index contributed by atoms with van der Waals surface area (Å²) in [6.07, 6.45) is 0.795. The second-order valence-electron chi connectivity index (χ2n) is 5.31. The number of benzene rings is 1. The van der Waals surface area contributed by atoms with E-state index < -0.39 is 5.92 Å². The summed E-state index contributed by atoms with van der Waals surface area (Å²) in [5.41, 5.74) is 3.75. The van der Waals surface area contributed by atoms with Crippen LogP contribution < -0.4 is 5.32 Å². The zero-order valence-corrected chi connectivity index (χ0v) is 12.2. The van der Waals surface area contributed by atoms with Crippen LogP contribution in [0.2, 0.25) is 0 Å². The van der Waals surface area contributed by atoms with Gasteiger partial charge in [-0.05, 0) is 42.9 Å². The molecule has 1 unspecified atom stereocenters. The molecule has 0 saturated heterocycles. The Hall–Kier alpha value is -1.82. The number of hydrogen-bond donors (Lipinski definition) is 1. The highest BCUT2D eigenvalue weighted by molar-refractivity contribution is 5.81. The summed E-state index contributed by atoms with van der Waals surface area (Å²) < 4.78 is 0. The van der Waals surface area contributed by atoms with Crippen LogP contribution in [-0.4, -0.2) is 12.5 Å². The van der Waals surface area contributed by atoms with Gasteiger partial charge < -0.3 is 5.32 Å². The highest BCUT2D eigenvalue weighted by Gasteiger charge is 2.20. The molecule has 3 nitrogen and oxygen atoms in total. The fraction of sp³-hybridized carbons (Fsp3) is 0.500. The van der Waals surface area contributed by atoms with E-state index in [0.29, 0.717) is 6.54 Å². The van der Waals surface area contributed by atoms with Crippen LogP contribution in [0.1, 0.15) is 30.5 Å². The Morgan fingerprint density at radius 1 is 1.32 bits per heavy atom. The molecule has 1 N–H and O–H groups in total. The first-order valence-electron chi connectivity index (χ1n) is 6.69. The Balaban J connectivity index is 2.48. The molecule has 1 aromatic carbocycles. The minimum atomic E-state index is -0.556. The lowest BCUT2D eigenvalue weighted by Gasteiger charge is -2.13. The number of nitrogens with zero attached hydrogens (tertiary/aromatic N) is 1. The van der Waals surface area contributed by atoms with Gasteiger partial charge in [-0.2, -0.15) is 5.26 Å². The van der Waals surface area contributed by atoms with Gasteiger partial charge in [-0.15, -0.1) is 0 Å². The Kier molecular flexibility index (Phi) is 5.57. The molecule has 1 rings (SSSR count). The van der Waals surface area contributed by atoms with Crippen LogP contribution in [0.4, 0.5) is 0 Å². The van der Waals surface area contributed by atoms with Gasteiger partial charge in [0.1, 0.15) is 5.92 Å². The first-order chi connectivity index (χ1) is 8.95. The van der Waals surface area contributed by atoms with Crippen LogP contribution >= 0.6 is 0 Å². The van der Waals surface area contributed by atoms with Crippen molar-refractivity contribution in [3.05, 3.63) is 34.9 Å². The number of carbonyl (C=O) groups excluding carboxylic acids is 1. The third-order valence-electron chi connectivity index (χ3n) is 3.37. The van der Waals surface area contributed by atoms with E-state index in [-0.39, 0.29) is 11.8 Å². The average Bonchev–Trinajstić information content (AvgIpc) is 2.34. The number of aryl methyl sites for hydroxylation is 2. The molecule has 3 heteroatoms. The van der Waals surface area contributed by atoms with Crippen molar-refractivity contribution < 1.29 is 4.79 Å². The topological polar surface area (TPSA) is 52.9 Å². The Labute approximate surface area is 115 Å². The minimum Gasteiger partial charge on any atom is -0.355 e. The van der Waals surface area contributed by atoms with Gasteiger partial charge >= 0.3 is 0 Å². The second-order valence-corrected chi connectivity index (χ2v) is 5.31. The number of rotatable bonds is 5. The van der Waals surface area contributed by atoms with Crippen molar-refractivity contribution in [2.45, 2.75) is 34.1 Å². The number of hydrogen-bond acceptors (Lipinski definition) is 2. The van der Waals surface area contributed by atoms with Crippen LogP contribution in [0.25, 0.3) is 0 Å². The van der Waals surface area contributed by atoms with Crippen molar-refractivity contribution in [1.82, 2.24) is 5.32 Å². The van der Waals surface area contributed by atoms with Gasteiger partial charge in [0.25, 0.3) is 0 Å². The maximum atomic E-state index is 11.8. The van der Waals surface area contributed by atoms with Crippen molar-refractivity contribution in [2.75, 3.05) is 6.54 Å². The molecule has 0 aliphatic rings. The Bertz CT molecular complexity index is 486. The van der Waals surface area contributed by atoms with Crippen molar-refractivity contribution in [3.8, 4) is 6.07 Å². The lowest BCUT2D eigenvalue weighted by Crippen LogP contribution is -2.34. The van der Waals surface area contributed by atoms with Crippen LogP contribution in [0.5, 0.6) is 0 Å². The van der Waals surface area contributed by atoms with E-state index in [1.807, 2.05) is 13.8 Å². The molecule has 102 valence electrons. The molecular weight excluding hydrogens is 236 g/mol. The molecule has 0 aromatic heterocycles. The van der Waals surface area contributed by atoms with Gasteiger partial charge in [-0.1, -0.05) is 32.0 Å². The maximum absolute atomic E-state index is 11.8. The molecule has 0 aliphatic carbocycles. The summed E-state index contributed by atoms with van der Waals surface area (Å²) in [5.74, 6) is -0.673. The molecule has 0 saturated carbocycles. The van der Waals surface area contributed by atoms with Crippen LogP contribution in [-0.2, 0) is 11.2 Å². The lowest BCUT2D eigenvalue weighted by atomic mass is 9.96. The fourth-order valence-corrected chi connectivity index (χ4v) is 1.91. The van der Waals surface area contributed by atoms with Gasteiger partial charge in [0.05, 0.1) is 6.07 Å². The molecule has 0 bridgehead atoms. The highest BCUT2D eigenvalue weighted by atomic mass is 16.1. The Morgan fingerprint density at radius 3 is 2.53 bits per heavy atom. The smallest absolute Gasteiger partial charge is 0.237 e. The lowest BCUT2D eigenvalue weighted by molar-refractivity contribution is -0.124. The number of nitrogens with one attached hydrogen (secondary N) is 1. The monoisotopic (exact) mass is 258 g/mol. The van der Waals surface area contributed by atoms with E-state index in [4.69, 9.17) is 5.26 Å². The molecule has 19 heavy (non-hydrogen) atoms. The summed E-state index contributed by atoms with van der Waals surface area (Å²) in [5, 5.41) is 11.8. The van der Waals surface area contributed by atoms with Crippen molar-refractivity contribution >= 4 is 5.91 Å². The molecule has 0 fully saturated rings. The molecular formula is C16H22N2O. The van der Waals surface area contributed by atoms with E-state index in [1.165, 1.54) is 16.7 Å². The first kappa shape index (κ1) is 15.2. The fourth-order valence-electron chi connectivity index (χ4n) is 1.91. The predicted octanol–water partition coefficient (Wildman–Crippen LogP) is 2.76. The van der Waals surface area contributed by atoms with E-state index in [1.54, 1.807) is 0 Å². The third kappa shape index (κ3) is 4.40. The second kappa shape index (κ2) is 6.94. The standard InChI is InChI=1S/C16H22N2O/c1-11(2)15(10-17)16(19)18-8-7-14-6-5-12(3)13(4)9-14/h5-6,9,11,15H,7-8H2,1-4H3,(H,18,19). The van der Waals surface area contributed by atoms with Crippen LogP contribution in [0.3, 0.4) is 0 Å². The summed E-state index contributed by atoms with van der Waals surface area (Å²) in [6.45, 7) is 8.52. The quantitative estimate of drug-likeness (QED) is 0.883. The van der Waals surface area contributed by atoms with E-state index >= 15 is 0 Å². The van der Waals surface area contributed by atoms with Gasteiger partial charge in [0, 0.05) is 6.54 Å². The predicted molar refractivity (Wildman–Crippen MR) is 76.6 cm³/mol. The summed E-state index contributed by atoms with van der Waals surface area (Å²) >= 11 is 0. The van der Waals surface area contributed by atoms with Gasteiger partial charge in [-0.25, -0.2) is 0 Å². The third-order valence-corrected chi connectivity index (χ3v) is 3.37. The summed E-state index contributed by atoms with van der Waals surface area (Å²) in [6, 6.07) is 8.38. The van der Waals surface area contributed by atoms with Gasteiger partial charge in [0.2, 0.25) is 5.91 Å². The largest absolute Gasteiger partial charge is 0.355 e. The average molecular weight is 258 g/mol. The first-order valence-corrected chi connectivity index (χ1v) is 6.69. The summed E-state index contributed by atoms with van der Waals surface area (Å²) in [4.78, 5) is 11.8.